The third-order valence-electron chi connectivity index (χ3n) is 12.5. The maximum atomic E-state index is 14.7. The summed E-state index contributed by atoms with van der Waals surface area (Å²) >= 11 is 0. The van der Waals surface area contributed by atoms with Crippen molar-refractivity contribution in [2.24, 2.45) is 29.2 Å². The van der Waals surface area contributed by atoms with Crippen LogP contribution in [0.4, 0.5) is 5.69 Å². The summed E-state index contributed by atoms with van der Waals surface area (Å²) in [5, 5.41) is 49.9. The molecule has 0 radical (unpaired) electrons. The molecule has 1 saturated carbocycles. The number of phenolic OH excluding ortho intramolecular Hbond substituents is 1. The molecule has 2 fully saturated rings. The molecule has 1 aliphatic carbocycles. The maximum Gasteiger partial charge on any atom is 0.317 e. The first-order chi connectivity index (χ1) is 35.1. The molecular formula is C47H71N11O16S. The Labute approximate surface area is 434 Å². The minimum absolute atomic E-state index is 0.00360. The first-order valence-electron chi connectivity index (χ1n) is 24.5. The second kappa shape index (κ2) is 28.9. The molecule has 416 valence electrons. The highest BCUT2D eigenvalue weighted by Crippen LogP contribution is 2.30. The molecule has 1 spiro atoms. The van der Waals surface area contributed by atoms with E-state index in [4.69, 9.17) is 17.2 Å². The first kappa shape index (κ1) is 61.9. The number of nitrogen functional groups attached to an aromatic ring is 1. The Balaban J connectivity index is 2.17. The fraction of sp³-hybridized carbons (Fsp3) is 0.617. The number of carboxylic acid groups (broad SMARTS) is 2. The molecule has 1 unspecified atom stereocenters. The fourth-order valence-corrected chi connectivity index (χ4v) is 9.50. The maximum absolute atomic E-state index is 14.7. The SMILES string of the molecule is CC(C)C[C@@H]1NC(=O)[C@H](CC(C(=O)O)C(=O)O)NC(=O)CS(=O)C[C@@H](C(N)=O)NC(=O)CCCCNC(=O)[C@H](C(C)C)NC(=O)[C@H](CC(N)=O)NC(=O)C2(CCCCC2)NC(=O)[C@H](Cc2ccc(N)c(O)c2)NC1=O. The number of aromatic hydroxyl groups is 1. The lowest BCUT2D eigenvalue weighted by Crippen LogP contribution is -2.66. The highest BCUT2D eigenvalue weighted by Gasteiger charge is 2.45. The molecule has 1 aromatic carbocycles. The van der Waals surface area contributed by atoms with Gasteiger partial charge in [0.05, 0.1) is 17.9 Å². The van der Waals surface area contributed by atoms with Crippen molar-refractivity contribution in [3.8, 4) is 5.75 Å². The average molecular weight is 1080 g/mol. The van der Waals surface area contributed by atoms with Crippen molar-refractivity contribution >= 4 is 87.5 Å². The van der Waals surface area contributed by atoms with Gasteiger partial charge >= 0.3 is 11.9 Å². The number of hydrogen-bond donors (Lipinski definition) is 14. The predicted octanol–water partition coefficient (Wildman–Crippen LogP) is -3.47. The molecule has 1 saturated heterocycles. The van der Waals surface area contributed by atoms with Crippen molar-refractivity contribution in [3.05, 3.63) is 23.8 Å². The summed E-state index contributed by atoms with van der Waals surface area (Å²) < 4.78 is 13.2. The van der Waals surface area contributed by atoms with Crippen LogP contribution < -0.4 is 59.7 Å². The van der Waals surface area contributed by atoms with Gasteiger partial charge in [0, 0.05) is 36.6 Å². The number of aliphatic carboxylic acids is 2. The summed E-state index contributed by atoms with van der Waals surface area (Å²) in [4.78, 5) is 160. The predicted molar refractivity (Wildman–Crippen MR) is 267 cm³/mol. The Hall–Kier alpha value is -7.39. The van der Waals surface area contributed by atoms with Gasteiger partial charge in [0.25, 0.3) is 0 Å². The lowest BCUT2D eigenvalue weighted by Gasteiger charge is -2.39. The number of primary amides is 2. The Kier molecular flexibility index (Phi) is 23.9. The highest BCUT2D eigenvalue weighted by atomic mass is 32.2. The van der Waals surface area contributed by atoms with Crippen LogP contribution in [0, 0.1) is 17.8 Å². The zero-order valence-electron chi connectivity index (χ0n) is 42.3. The van der Waals surface area contributed by atoms with E-state index in [9.17, 15) is 77.1 Å². The standard InChI is InChI=1S/C47H71N11O16S/c1-23(2)16-28-39(64)55-29(17-25-11-12-27(48)33(59)18-25)42(67)58-47(13-7-5-8-14-47)46(73)56-31(20-34(49)60)41(66)57-37(24(3)4)43(68)51-15-9-6-10-35(61)53-32(38(50)63)21-75(74)22-36(62)52-30(40(65)54-28)19-26(44(69)70)45(71)72/h11-12,18,23-24,26,28-32,37,59H,5-10,13-17,19-22,48H2,1-4H3,(H2,49,60)(H2,50,63)(H,51,68)(H,52,62)(H,53,61)(H,54,65)(H,55,64)(H,56,73)(H,57,66)(H,58,67)(H,69,70)(H,71,72)/t28-,29-,30-,31-,32-,37-,75?/m0/s1. The molecule has 10 amide bonds. The molecule has 75 heavy (non-hydrogen) atoms. The van der Waals surface area contributed by atoms with Gasteiger partial charge in [-0.15, -0.1) is 0 Å². The molecule has 1 aliphatic heterocycles. The number of phenols is 1. The van der Waals surface area contributed by atoms with Crippen LogP contribution >= 0.6 is 0 Å². The number of carbonyl (C=O) groups is 12. The molecular weight excluding hydrogens is 1010 g/mol. The molecule has 17 N–H and O–H groups in total. The van der Waals surface area contributed by atoms with Gasteiger partial charge in [0.1, 0.15) is 53.3 Å². The van der Waals surface area contributed by atoms with E-state index in [1.54, 1.807) is 27.7 Å². The fourth-order valence-electron chi connectivity index (χ4n) is 8.39. The van der Waals surface area contributed by atoms with Crippen LogP contribution in [0.5, 0.6) is 5.75 Å². The van der Waals surface area contributed by atoms with Gasteiger partial charge in [-0.3, -0.25) is 61.7 Å². The molecule has 2 aliphatic rings. The zero-order chi connectivity index (χ0) is 56.3. The van der Waals surface area contributed by atoms with E-state index in [-0.39, 0.29) is 68.5 Å². The quantitative estimate of drug-likeness (QED) is 0.0549. The summed E-state index contributed by atoms with van der Waals surface area (Å²) in [5.74, 6) is -19.0. The van der Waals surface area contributed by atoms with Crippen LogP contribution in [-0.4, -0.2) is 150 Å². The van der Waals surface area contributed by atoms with E-state index >= 15 is 0 Å². The Morgan fingerprint density at radius 3 is 1.87 bits per heavy atom. The van der Waals surface area contributed by atoms with E-state index in [1.807, 2.05) is 0 Å². The molecule has 1 heterocycles. The summed E-state index contributed by atoms with van der Waals surface area (Å²) in [6, 6.07) is -5.72. The van der Waals surface area contributed by atoms with E-state index in [1.165, 1.54) is 18.2 Å². The minimum atomic E-state index is -2.31. The van der Waals surface area contributed by atoms with Gasteiger partial charge in [0.15, 0.2) is 5.92 Å². The van der Waals surface area contributed by atoms with E-state index < -0.39 is 166 Å². The monoisotopic (exact) mass is 1080 g/mol. The number of nitrogens with one attached hydrogen (secondary N) is 8. The van der Waals surface area contributed by atoms with Crippen molar-refractivity contribution in [1.82, 2.24) is 42.5 Å². The van der Waals surface area contributed by atoms with E-state index in [0.717, 1.165) is 0 Å². The van der Waals surface area contributed by atoms with Crippen LogP contribution in [-0.2, 0) is 74.8 Å². The number of amides is 10. The second-order valence-corrected chi connectivity index (χ2v) is 21.0. The Morgan fingerprint density at radius 1 is 0.707 bits per heavy atom. The van der Waals surface area contributed by atoms with Crippen LogP contribution in [0.2, 0.25) is 0 Å². The van der Waals surface area contributed by atoms with Crippen molar-refractivity contribution in [3.63, 3.8) is 0 Å². The number of anilines is 1. The van der Waals surface area contributed by atoms with E-state index in [2.05, 4.69) is 42.5 Å². The minimum Gasteiger partial charge on any atom is -0.506 e. The summed E-state index contributed by atoms with van der Waals surface area (Å²) in [6.07, 6.45) is -0.870. The normalized spacial score (nSPS) is 24.8. The van der Waals surface area contributed by atoms with Crippen LogP contribution in [0.15, 0.2) is 18.2 Å². The molecule has 0 bridgehead atoms. The van der Waals surface area contributed by atoms with Gasteiger partial charge in [-0.2, -0.15) is 0 Å². The smallest absolute Gasteiger partial charge is 0.317 e. The Morgan fingerprint density at radius 2 is 1.31 bits per heavy atom. The molecule has 28 heteroatoms. The number of rotatable bonds is 12. The van der Waals surface area contributed by atoms with Gasteiger partial charge in [-0.1, -0.05) is 53.0 Å². The van der Waals surface area contributed by atoms with Crippen LogP contribution in [0.25, 0.3) is 0 Å². The van der Waals surface area contributed by atoms with Crippen molar-refractivity contribution in [1.29, 1.82) is 0 Å². The number of carbonyl (C=O) groups excluding carboxylic acids is 10. The van der Waals surface area contributed by atoms with Gasteiger partial charge < -0.3 is 75.1 Å². The average Bonchev–Trinajstić information content (AvgIpc) is 3.31. The third-order valence-corrected chi connectivity index (χ3v) is 13.7. The van der Waals surface area contributed by atoms with Crippen molar-refractivity contribution < 1.29 is 77.1 Å². The molecule has 1 aromatic rings. The summed E-state index contributed by atoms with van der Waals surface area (Å²) in [7, 11) is -2.31. The summed E-state index contributed by atoms with van der Waals surface area (Å²) in [6.45, 7) is 6.54. The van der Waals surface area contributed by atoms with Gasteiger partial charge in [-0.25, -0.2) is 0 Å². The molecule has 3 rings (SSSR count). The lowest BCUT2D eigenvalue weighted by atomic mass is 9.80. The van der Waals surface area contributed by atoms with Crippen molar-refractivity contribution in [2.45, 2.75) is 147 Å². The lowest BCUT2D eigenvalue weighted by molar-refractivity contribution is -0.155. The number of carboxylic acids is 2. The van der Waals surface area contributed by atoms with Crippen LogP contribution in [0.1, 0.15) is 104 Å². The van der Waals surface area contributed by atoms with Crippen molar-refractivity contribution in [2.75, 3.05) is 23.8 Å². The third kappa shape index (κ3) is 19.8. The number of hydrogen-bond acceptors (Lipinski definition) is 15. The summed E-state index contributed by atoms with van der Waals surface area (Å²) in [5.41, 5.74) is 15.2. The first-order valence-corrected chi connectivity index (χ1v) is 26.0. The Bertz CT molecular complexity index is 2330. The largest absolute Gasteiger partial charge is 0.506 e. The molecule has 0 aromatic heterocycles. The van der Waals surface area contributed by atoms with E-state index in [0.29, 0.717) is 19.3 Å². The number of nitrogens with two attached hydrogens (primary N) is 3. The second-order valence-electron chi connectivity index (χ2n) is 19.5. The topological polar surface area (TPSA) is 457 Å². The van der Waals surface area contributed by atoms with Gasteiger partial charge in [-0.05, 0) is 61.6 Å². The highest BCUT2D eigenvalue weighted by molar-refractivity contribution is 7.85. The van der Waals surface area contributed by atoms with Gasteiger partial charge in [0.2, 0.25) is 59.1 Å². The molecule has 7 atom stereocenters. The number of benzene rings is 1. The zero-order valence-corrected chi connectivity index (χ0v) is 43.1. The molecule has 27 nitrogen and oxygen atoms in total. The van der Waals surface area contributed by atoms with Crippen LogP contribution in [0.3, 0.4) is 0 Å².